The number of carboxylic acid groups (broad SMARTS) is 1. The molecule has 210 valence electrons. The number of phenols is 2. The predicted molar refractivity (Wildman–Crippen MR) is 152 cm³/mol. The number of phenolic OH excluding ortho intramolecular Hbond substituents is 2. The van der Waals surface area contributed by atoms with Crippen LogP contribution in [0.5, 0.6) is 11.5 Å². The summed E-state index contributed by atoms with van der Waals surface area (Å²) in [5, 5.41) is 45.4. The number of hydrogen-bond acceptors (Lipinski definition) is 6. The Bertz CT molecular complexity index is 1060. The maximum atomic E-state index is 12.7. The summed E-state index contributed by atoms with van der Waals surface area (Å²) in [7, 11) is 0. The van der Waals surface area contributed by atoms with Gasteiger partial charge >= 0.3 is 6.09 Å². The summed E-state index contributed by atoms with van der Waals surface area (Å²) >= 11 is 0. The topological polar surface area (TPSA) is 165 Å². The van der Waals surface area contributed by atoms with Crippen molar-refractivity contribution in [2.75, 3.05) is 17.2 Å². The van der Waals surface area contributed by atoms with Gasteiger partial charge in [-0.3, -0.25) is 4.79 Å². The average molecular weight is 530 g/mol. The standard InChI is InChI=1S/C28H40N2O4.CH3NO2/c1-6-14-29-26-22-16-19(3)12-13-24(31)21(5)15-18(2)10-8-7-9-11-20(4)28(34)30-23(27(22)33)17-25(26)32;2-1(3)4/h6-7,9,11,15,17,19,21,24,29,31-33H,1,8,10,12-14,16H2,2-5H3,(H,30,34);2H2,(H,3,4)/b9-7-,18-15+,20-11+;. The molecule has 2 bridgehead atoms. The van der Waals surface area contributed by atoms with Gasteiger partial charge in [-0.15, -0.1) is 6.58 Å². The van der Waals surface area contributed by atoms with Crippen molar-refractivity contribution in [3.05, 3.63) is 59.7 Å². The van der Waals surface area contributed by atoms with E-state index in [0.717, 1.165) is 19.3 Å². The number of benzene rings is 1. The molecular formula is C29H43N3O6. The fourth-order valence-corrected chi connectivity index (χ4v) is 4.11. The van der Waals surface area contributed by atoms with E-state index in [4.69, 9.17) is 9.90 Å². The van der Waals surface area contributed by atoms with Crippen molar-refractivity contribution in [1.82, 2.24) is 0 Å². The molecule has 0 fully saturated rings. The van der Waals surface area contributed by atoms with E-state index in [9.17, 15) is 20.1 Å². The molecule has 1 heterocycles. The van der Waals surface area contributed by atoms with Crippen LogP contribution in [0, 0.1) is 11.8 Å². The monoisotopic (exact) mass is 529 g/mol. The lowest BCUT2D eigenvalue weighted by atomic mass is 9.90. The molecule has 1 aromatic rings. The highest BCUT2D eigenvalue weighted by molar-refractivity contribution is 6.04. The molecule has 1 aliphatic rings. The first-order chi connectivity index (χ1) is 17.9. The van der Waals surface area contributed by atoms with Gasteiger partial charge in [0, 0.05) is 29.7 Å². The van der Waals surface area contributed by atoms with Crippen LogP contribution in [-0.4, -0.2) is 45.1 Å². The minimum absolute atomic E-state index is 0.0489. The van der Waals surface area contributed by atoms with Gasteiger partial charge in [-0.25, -0.2) is 4.79 Å². The minimum atomic E-state index is -1.33. The largest absolute Gasteiger partial charge is 0.506 e. The lowest BCUT2D eigenvalue weighted by Gasteiger charge is -2.22. The molecule has 0 radical (unpaired) electrons. The van der Waals surface area contributed by atoms with Crippen LogP contribution >= 0.6 is 0 Å². The predicted octanol–water partition coefficient (Wildman–Crippen LogP) is 5.46. The van der Waals surface area contributed by atoms with Crippen molar-refractivity contribution in [1.29, 1.82) is 0 Å². The zero-order valence-electron chi connectivity index (χ0n) is 22.8. The van der Waals surface area contributed by atoms with E-state index >= 15 is 0 Å². The molecule has 0 aromatic heterocycles. The lowest BCUT2D eigenvalue weighted by molar-refractivity contribution is -0.112. The van der Waals surface area contributed by atoms with Gasteiger partial charge in [-0.1, -0.05) is 49.8 Å². The number of allylic oxidation sites excluding steroid dienone is 4. The molecule has 3 atom stereocenters. The molecule has 8 N–H and O–H groups in total. The molecule has 3 unspecified atom stereocenters. The van der Waals surface area contributed by atoms with Crippen LogP contribution < -0.4 is 16.4 Å². The number of amides is 2. The second-order valence-corrected chi connectivity index (χ2v) is 9.75. The number of hydrogen-bond donors (Lipinski definition) is 7. The number of carbonyl (C=O) groups excluding carboxylic acids is 1. The Morgan fingerprint density at radius 1 is 1.26 bits per heavy atom. The molecule has 38 heavy (non-hydrogen) atoms. The molecule has 9 nitrogen and oxygen atoms in total. The van der Waals surface area contributed by atoms with Gasteiger partial charge in [0.15, 0.2) is 0 Å². The number of aliphatic hydroxyl groups excluding tert-OH is 1. The lowest BCUT2D eigenvalue weighted by Crippen LogP contribution is -2.18. The Balaban J connectivity index is 0.00000168. The summed E-state index contributed by atoms with van der Waals surface area (Å²) in [4.78, 5) is 21.5. The van der Waals surface area contributed by atoms with Gasteiger partial charge in [-0.05, 0) is 51.9 Å². The highest BCUT2D eigenvalue weighted by Gasteiger charge is 2.22. The summed E-state index contributed by atoms with van der Waals surface area (Å²) in [6, 6.07) is 1.36. The highest BCUT2D eigenvalue weighted by Crippen LogP contribution is 2.42. The molecule has 0 saturated heterocycles. The summed E-state index contributed by atoms with van der Waals surface area (Å²) in [6.45, 7) is 12.0. The van der Waals surface area contributed by atoms with Crippen LogP contribution in [0.1, 0.15) is 58.9 Å². The van der Waals surface area contributed by atoms with E-state index < -0.39 is 12.2 Å². The van der Waals surface area contributed by atoms with Crippen LogP contribution in [0.4, 0.5) is 16.2 Å². The fraction of sp³-hybridized carbons (Fsp3) is 0.448. The van der Waals surface area contributed by atoms with Gasteiger partial charge in [0.05, 0.1) is 17.5 Å². The van der Waals surface area contributed by atoms with Crippen LogP contribution in [0.3, 0.4) is 0 Å². The normalized spacial score (nSPS) is 24.8. The Kier molecular flexibility index (Phi) is 13.8. The van der Waals surface area contributed by atoms with Gasteiger partial charge in [0.1, 0.15) is 11.5 Å². The van der Waals surface area contributed by atoms with Crippen LogP contribution in [0.2, 0.25) is 0 Å². The first-order valence-electron chi connectivity index (χ1n) is 12.8. The van der Waals surface area contributed by atoms with E-state index in [1.165, 1.54) is 11.6 Å². The third-order valence-corrected chi connectivity index (χ3v) is 6.26. The average Bonchev–Trinajstić information content (AvgIpc) is 2.83. The van der Waals surface area contributed by atoms with Gasteiger partial charge in [0.2, 0.25) is 0 Å². The van der Waals surface area contributed by atoms with Crippen LogP contribution in [0.25, 0.3) is 0 Å². The summed E-state index contributed by atoms with van der Waals surface area (Å²) in [6.07, 6.45) is 11.2. The van der Waals surface area contributed by atoms with Crippen molar-refractivity contribution < 1.29 is 30.0 Å². The fourth-order valence-electron chi connectivity index (χ4n) is 4.11. The minimum Gasteiger partial charge on any atom is -0.506 e. The van der Waals surface area contributed by atoms with Crippen molar-refractivity contribution in [2.45, 2.75) is 65.9 Å². The first-order valence-corrected chi connectivity index (χ1v) is 12.8. The van der Waals surface area contributed by atoms with Crippen LogP contribution in [0.15, 0.2) is 54.2 Å². The molecule has 0 spiro atoms. The number of anilines is 2. The summed E-state index contributed by atoms with van der Waals surface area (Å²) < 4.78 is 0. The van der Waals surface area contributed by atoms with E-state index in [1.807, 2.05) is 19.1 Å². The van der Waals surface area contributed by atoms with Crippen molar-refractivity contribution in [3.63, 3.8) is 0 Å². The van der Waals surface area contributed by atoms with Gasteiger partial charge in [0.25, 0.3) is 5.91 Å². The van der Waals surface area contributed by atoms with E-state index in [1.54, 1.807) is 19.1 Å². The smallest absolute Gasteiger partial charge is 0.402 e. The number of aliphatic hydroxyl groups is 1. The number of carbonyl (C=O) groups is 2. The Morgan fingerprint density at radius 3 is 2.55 bits per heavy atom. The molecule has 1 aliphatic heterocycles. The maximum Gasteiger partial charge on any atom is 0.402 e. The summed E-state index contributed by atoms with van der Waals surface area (Å²) in [5.74, 6) is -0.304. The third kappa shape index (κ3) is 11.1. The number of rotatable bonds is 3. The van der Waals surface area contributed by atoms with Gasteiger partial charge < -0.3 is 36.8 Å². The number of primary amides is 1. The summed E-state index contributed by atoms with van der Waals surface area (Å²) in [5.41, 5.74) is 6.87. The van der Waals surface area contributed by atoms with Gasteiger partial charge in [-0.2, -0.15) is 0 Å². The van der Waals surface area contributed by atoms with Crippen molar-refractivity contribution >= 4 is 23.4 Å². The van der Waals surface area contributed by atoms with Crippen LogP contribution in [-0.2, 0) is 11.2 Å². The first kappa shape index (κ1) is 32.3. The van der Waals surface area contributed by atoms with E-state index in [2.05, 4.69) is 42.9 Å². The highest BCUT2D eigenvalue weighted by atomic mass is 16.4. The zero-order chi connectivity index (χ0) is 28.8. The Hall–Kier alpha value is -3.72. The maximum absolute atomic E-state index is 12.7. The quantitative estimate of drug-likeness (QED) is 0.155. The zero-order valence-corrected chi connectivity index (χ0v) is 22.8. The Morgan fingerprint density at radius 2 is 1.92 bits per heavy atom. The SMILES string of the molecule is C=CCNc1c(O)cc2c(O)c1CC(C)CCC(O)C(C)/C=C(\C)CC/C=C\C=C(/C)C(=O)N2.NC(=O)O. The second-order valence-electron chi connectivity index (χ2n) is 9.75. The third-order valence-electron chi connectivity index (χ3n) is 6.26. The van der Waals surface area contributed by atoms with E-state index in [-0.39, 0.29) is 34.9 Å². The molecule has 0 saturated carbocycles. The number of fused-ring (bicyclic) bond motifs is 2. The molecular weight excluding hydrogens is 486 g/mol. The molecule has 0 aliphatic carbocycles. The molecule has 9 heteroatoms. The van der Waals surface area contributed by atoms with Crippen molar-refractivity contribution in [3.8, 4) is 11.5 Å². The van der Waals surface area contributed by atoms with E-state index in [0.29, 0.717) is 36.2 Å². The molecule has 2 rings (SSSR count). The van der Waals surface area contributed by atoms with Crippen molar-refractivity contribution in [2.24, 2.45) is 17.6 Å². The number of nitrogens with one attached hydrogen (secondary N) is 2. The second kappa shape index (κ2) is 16.2. The number of nitrogens with two attached hydrogens (primary N) is 1. The Labute approximate surface area is 225 Å². The molecule has 1 aromatic carbocycles. The molecule has 2 amide bonds. The number of aromatic hydroxyl groups is 2.